The van der Waals surface area contributed by atoms with Gasteiger partial charge in [-0.25, -0.2) is 4.68 Å². The number of nitrogens with zero attached hydrogens (tertiary/aromatic N) is 5. The summed E-state index contributed by atoms with van der Waals surface area (Å²) in [7, 11) is 2.17. The van der Waals surface area contributed by atoms with Crippen LogP contribution in [0.2, 0.25) is 0 Å². The second kappa shape index (κ2) is 5.75. The third kappa shape index (κ3) is 2.98. The van der Waals surface area contributed by atoms with Gasteiger partial charge >= 0.3 is 0 Å². The summed E-state index contributed by atoms with van der Waals surface area (Å²) in [4.78, 5) is 3.55. The Kier molecular flexibility index (Phi) is 3.84. The topological polar surface area (TPSA) is 46.8 Å². The zero-order valence-electron chi connectivity index (χ0n) is 10.9. The van der Waals surface area contributed by atoms with Gasteiger partial charge in [0, 0.05) is 10.9 Å². The number of hydrogen-bond acceptors (Lipinski definition) is 5. The van der Waals surface area contributed by atoms with Crippen LogP contribution in [0.1, 0.15) is 12.8 Å². The smallest absolute Gasteiger partial charge is 0.214 e. The fraction of sp³-hybridized carbons (Fsp3) is 0.417. The standard InChI is InChI=1S/C12H16BN5S/c13-17-8-4-5-10(17)9-18-12(14-15-16-18)19-11-6-2-1-3-7-11/h1-3,6-7,10H,4-5,8-9,13H2. The van der Waals surface area contributed by atoms with Crippen LogP contribution >= 0.6 is 11.8 Å². The molecule has 0 radical (unpaired) electrons. The highest BCUT2D eigenvalue weighted by atomic mass is 32.2. The van der Waals surface area contributed by atoms with E-state index in [1.54, 1.807) is 11.8 Å². The van der Waals surface area contributed by atoms with Crippen LogP contribution in [0.15, 0.2) is 40.4 Å². The molecule has 98 valence electrons. The Morgan fingerprint density at radius 1 is 1.32 bits per heavy atom. The van der Waals surface area contributed by atoms with E-state index in [9.17, 15) is 0 Å². The summed E-state index contributed by atoms with van der Waals surface area (Å²) in [6.45, 7) is 2.05. The van der Waals surface area contributed by atoms with Crippen LogP contribution in [0.5, 0.6) is 0 Å². The lowest BCUT2D eigenvalue weighted by Crippen LogP contribution is -2.31. The van der Waals surface area contributed by atoms with Crippen molar-refractivity contribution in [1.82, 2.24) is 25.0 Å². The molecule has 1 fully saturated rings. The normalized spacial score (nSPS) is 19.9. The highest BCUT2D eigenvalue weighted by Gasteiger charge is 2.22. The van der Waals surface area contributed by atoms with Crippen molar-refractivity contribution in [2.24, 2.45) is 0 Å². The first-order chi connectivity index (χ1) is 9.33. The fourth-order valence-electron chi connectivity index (χ4n) is 2.39. The maximum atomic E-state index is 4.12. The summed E-state index contributed by atoms with van der Waals surface area (Å²) >= 11 is 1.61. The minimum atomic E-state index is 0.554. The van der Waals surface area contributed by atoms with Gasteiger partial charge in [0.05, 0.1) is 6.54 Å². The predicted octanol–water partition coefficient (Wildman–Crippen LogP) is 0.837. The molecule has 0 saturated carbocycles. The Morgan fingerprint density at radius 2 is 2.16 bits per heavy atom. The molecule has 2 aromatic rings. The molecular formula is C12H16BN5S. The molecule has 1 atom stereocenters. The Bertz CT molecular complexity index is 532. The summed E-state index contributed by atoms with van der Waals surface area (Å²) in [5.74, 6) is 0. The van der Waals surface area contributed by atoms with E-state index < -0.39 is 0 Å². The molecule has 1 saturated heterocycles. The van der Waals surface area contributed by atoms with Crippen molar-refractivity contribution < 1.29 is 0 Å². The highest BCUT2D eigenvalue weighted by molar-refractivity contribution is 7.99. The minimum Gasteiger partial charge on any atom is -0.345 e. The number of hydrogen-bond donors (Lipinski definition) is 0. The van der Waals surface area contributed by atoms with E-state index in [1.807, 2.05) is 22.9 Å². The van der Waals surface area contributed by atoms with E-state index in [4.69, 9.17) is 0 Å². The maximum Gasteiger partial charge on any atom is 0.214 e. The van der Waals surface area contributed by atoms with Gasteiger partial charge in [0.2, 0.25) is 5.16 Å². The van der Waals surface area contributed by atoms with Crippen molar-refractivity contribution in [2.45, 2.75) is 35.5 Å². The Balaban J connectivity index is 1.71. The molecular weight excluding hydrogens is 257 g/mol. The molecule has 1 aromatic heterocycles. The highest BCUT2D eigenvalue weighted by Crippen LogP contribution is 2.25. The summed E-state index contributed by atoms with van der Waals surface area (Å²) < 4.78 is 1.92. The first kappa shape index (κ1) is 12.7. The molecule has 19 heavy (non-hydrogen) atoms. The summed E-state index contributed by atoms with van der Waals surface area (Å²) in [5.41, 5.74) is 0. The van der Waals surface area contributed by atoms with E-state index in [0.29, 0.717) is 6.04 Å². The predicted molar refractivity (Wildman–Crippen MR) is 76.7 cm³/mol. The molecule has 0 spiro atoms. The Labute approximate surface area is 117 Å². The molecule has 5 nitrogen and oxygen atoms in total. The lowest BCUT2D eigenvalue weighted by atomic mass is 10.2. The van der Waals surface area contributed by atoms with Crippen molar-refractivity contribution >= 4 is 19.7 Å². The molecule has 0 bridgehead atoms. The Morgan fingerprint density at radius 3 is 2.89 bits per heavy atom. The van der Waals surface area contributed by atoms with Crippen LogP contribution in [0.3, 0.4) is 0 Å². The van der Waals surface area contributed by atoms with Crippen LogP contribution in [0.25, 0.3) is 0 Å². The SMILES string of the molecule is BN1CCCC1Cn1nnnc1Sc1ccccc1. The van der Waals surface area contributed by atoms with E-state index >= 15 is 0 Å². The first-order valence-corrected chi connectivity index (χ1v) is 7.34. The second-order valence-corrected chi connectivity index (χ2v) is 5.88. The number of benzene rings is 1. The van der Waals surface area contributed by atoms with Gasteiger partial charge in [-0.15, -0.1) is 5.10 Å². The van der Waals surface area contributed by atoms with Gasteiger partial charge in [0.25, 0.3) is 0 Å². The van der Waals surface area contributed by atoms with Crippen molar-refractivity contribution in [3.05, 3.63) is 30.3 Å². The first-order valence-electron chi connectivity index (χ1n) is 6.52. The number of rotatable bonds is 4. The summed E-state index contributed by atoms with van der Waals surface area (Å²) in [6, 6.07) is 10.8. The molecule has 1 unspecified atom stereocenters. The van der Waals surface area contributed by atoms with E-state index in [2.05, 4.69) is 40.5 Å². The quantitative estimate of drug-likeness (QED) is 0.772. The lowest BCUT2D eigenvalue weighted by Gasteiger charge is -2.19. The monoisotopic (exact) mass is 273 g/mol. The van der Waals surface area contributed by atoms with E-state index in [-0.39, 0.29) is 0 Å². The molecule has 1 aliphatic heterocycles. The summed E-state index contributed by atoms with van der Waals surface area (Å²) in [6.07, 6.45) is 2.50. The molecule has 0 N–H and O–H groups in total. The third-order valence-corrected chi connectivity index (χ3v) is 4.49. The summed E-state index contributed by atoms with van der Waals surface area (Å²) in [5, 5.41) is 12.9. The Hall–Kier alpha value is -1.34. The van der Waals surface area contributed by atoms with Crippen molar-refractivity contribution in [3.63, 3.8) is 0 Å². The second-order valence-electron chi connectivity index (χ2n) is 4.84. The molecule has 0 amide bonds. The van der Waals surface area contributed by atoms with Gasteiger partial charge in [-0.3, -0.25) is 0 Å². The van der Waals surface area contributed by atoms with Gasteiger partial charge in [0.1, 0.15) is 0 Å². The van der Waals surface area contributed by atoms with Crippen LogP contribution in [0, 0.1) is 0 Å². The lowest BCUT2D eigenvalue weighted by molar-refractivity contribution is 0.344. The maximum absolute atomic E-state index is 4.12. The van der Waals surface area contributed by atoms with Gasteiger partial charge in [0.15, 0.2) is 7.98 Å². The molecule has 7 heteroatoms. The van der Waals surface area contributed by atoms with E-state index in [1.165, 1.54) is 24.3 Å². The van der Waals surface area contributed by atoms with Crippen LogP contribution < -0.4 is 0 Å². The van der Waals surface area contributed by atoms with Crippen molar-refractivity contribution in [1.29, 1.82) is 0 Å². The zero-order chi connectivity index (χ0) is 13.1. The molecule has 2 heterocycles. The van der Waals surface area contributed by atoms with Crippen LogP contribution in [-0.2, 0) is 6.54 Å². The van der Waals surface area contributed by atoms with Crippen molar-refractivity contribution in [3.8, 4) is 0 Å². The van der Waals surface area contributed by atoms with Crippen molar-refractivity contribution in [2.75, 3.05) is 6.54 Å². The average molecular weight is 273 g/mol. The van der Waals surface area contributed by atoms with Gasteiger partial charge in [-0.05, 0) is 53.7 Å². The molecule has 1 aromatic carbocycles. The minimum absolute atomic E-state index is 0.554. The van der Waals surface area contributed by atoms with E-state index in [0.717, 1.165) is 11.7 Å². The van der Waals surface area contributed by atoms with Gasteiger partial charge < -0.3 is 4.81 Å². The van der Waals surface area contributed by atoms with Crippen LogP contribution in [-0.4, -0.2) is 45.6 Å². The number of aromatic nitrogens is 4. The third-order valence-electron chi connectivity index (χ3n) is 3.51. The fourth-order valence-corrected chi connectivity index (χ4v) is 3.19. The number of tetrazole rings is 1. The molecule has 0 aliphatic carbocycles. The molecule has 1 aliphatic rings. The average Bonchev–Trinajstić information content (AvgIpc) is 3.02. The molecule has 3 rings (SSSR count). The largest absolute Gasteiger partial charge is 0.345 e. The van der Waals surface area contributed by atoms with Crippen LogP contribution in [0.4, 0.5) is 0 Å². The van der Waals surface area contributed by atoms with Gasteiger partial charge in [-0.1, -0.05) is 18.2 Å². The zero-order valence-corrected chi connectivity index (χ0v) is 11.8. The van der Waals surface area contributed by atoms with Gasteiger partial charge in [-0.2, -0.15) is 0 Å².